The molecular formula is C8H8N2O4. The van der Waals surface area contributed by atoms with Gasteiger partial charge in [0.25, 0.3) is 11.8 Å². The van der Waals surface area contributed by atoms with Crippen molar-refractivity contribution >= 4 is 24.0 Å². The zero-order chi connectivity index (χ0) is 11.1. The monoisotopic (exact) mass is 196 g/mol. The molecule has 0 aliphatic carbocycles. The van der Waals surface area contributed by atoms with E-state index in [1.54, 1.807) is 0 Å². The highest BCUT2D eigenvalue weighted by Gasteiger charge is 2.25. The molecule has 0 radical (unpaired) electrons. The van der Waals surface area contributed by atoms with E-state index in [9.17, 15) is 19.2 Å². The lowest BCUT2D eigenvalue weighted by Crippen LogP contribution is -2.23. The van der Waals surface area contributed by atoms with Crippen molar-refractivity contribution in [2.45, 2.75) is 13.8 Å². The van der Waals surface area contributed by atoms with E-state index in [0.29, 0.717) is 0 Å². The number of hydrogen-bond acceptors (Lipinski definition) is 4. The molecule has 0 saturated carbocycles. The van der Waals surface area contributed by atoms with Crippen LogP contribution in [-0.4, -0.2) is 24.0 Å². The summed E-state index contributed by atoms with van der Waals surface area (Å²) in [7, 11) is 0. The van der Waals surface area contributed by atoms with Crippen molar-refractivity contribution in [2.24, 2.45) is 21.8 Å². The Bertz CT molecular complexity index is 303. The third-order valence-corrected chi connectivity index (χ3v) is 1.84. The summed E-state index contributed by atoms with van der Waals surface area (Å²) >= 11 is 0. The predicted molar refractivity (Wildman–Crippen MR) is 44.6 cm³/mol. The van der Waals surface area contributed by atoms with Gasteiger partial charge in [-0.3, -0.25) is 9.59 Å². The van der Waals surface area contributed by atoms with Crippen molar-refractivity contribution in [3.63, 3.8) is 0 Å². The molecule has 0 aromatic heterocycles. The molecule has 14 heavy (non-hydrogen) atoms. The molecule has 0 saturated heterocycles. The first-order valence-corrected chi connectivity index (χ1v) is 3.78. The van der Waals surface area contributed by atoms with Crippen LogP contribution in [0, 0.1) is 11.8 Å². The topological polar surface area (TPSA) is 93.0 Å². The molecule has 74 valence electrons. The number of aliphatic imine (C=N–C) groups is 2. The van der Waals surface area contributed by atoms with Crippen LogP contribution in [0.3, 0.4) is 0 Å². The molecule has 2 unspecified atom stereocenters. The van der Waals surface area contributed by atoms with E-state index in [4.69, 9.17) is 0 Å². The number of hydrogen-bond donors (Lipinski definition) is 0. The van der Waals surface area contributed by atoms with Crippen LogP contribution >= 0.6 is 0 Å². The van der Waals surface area contributed by atoms with Crippen molar-refractivity contribution in [1.82, 2.24) is 0 Å². The average Bonchev–Trinajstić information content (AvgIpc) is 2.16. The summed E-state index contributed by atoms with van der Waals surface area (Å²) in [5.41, 5.74) is 0. The van der Waals surface area contributed by atoms with E-state index in [1.165, 1.54) is 13.8 Å². The van der Waals surface area contributed by atoms with Gasteiger partial charge in [0.1, 0.15) is 0 Å². The molecule has 0 N–H and O–H groups in total. The minimum atomic E-state index is -0.805. The highest BCUT2D eigenvalue weighted by Crippen LogP contribution is 2.13. The van der Waals surface area contributed by atoms with Gasteiger partial charge in [-0.25, -0.2) is 9.59 Å². The quantitative estimate of drug-likeness (QED) is 0.468. The zero-order valence-electron chi connectivity index (χ0n) is 7.68. The highest BCUT2D eigenvalue weighted by molar-refractivity contribution is 5.91. The number of rotatable bonds is 3. The summed E-state index contributed by atoms with van der Waals surface area (Å²) in [5, 5.41) is 0. The minimum Gasteiger partial charge on any atom is -0.271 e. The lowest BCUT2D eigenvalue weighted by atomic mass is 9.95. The zero-order valence-corrected chi connectivity index (χ0v) is 7.68. The van der Waals surface area contributed by atoms with Crippen LogP contribution in [0.5, 0.6) is 0 Å². The summed E-state index contributed by atoms with van der Waals surface area (Å²) in [6, 6.07) is 0. The van der Waals surface area contributed by atoms with Gasteiger partial charge in [-0.1, -0.05) is 13.8 Å². The van der Waals surface area contributed by atoms with E-state index >= 15 is 0 Å². The SMILES string of the molecule is CC(C(=O)N=C=O)C(C)C(=O)N=C=O. The second-order valence-electron chi connectivity index (χ2n) is 2.66. The first-order chi connectivity index (χ1) is 6.54. The molecule has 0 fully saturated rings. The van der Waals surface area contributed by atoms with Crippen LogP contribution in [0.2, 0.25) is 0 Å². The smallest absolute Gasteiger partial charge is 0.260 e. The molecule has 0 aromatic rings. The maximum Gasteiger partial charge on any atom is 0.260 e. The standard InChI is InChI=1S/C8H8N2O4/c1-5(7(13)9-3-11)6(2)8(14)10-4-12/h5-6H,1-2H3. The Morgan fingerprint density at radius 1 is 0.929 bits per heavy atom. The van der Waals surface area contributed by atoms with Crippen molar-refractivity contribution in [3.8, 4) is 0 Å². The van der Waals surface area contributed by atoms with Gasteiger partial charge >= 0.3 is 0 Å². The molecular weight excluding hydrogens is 188 g/mol. The summed E-state index contributed by atoms with van der Waals surface area (Å²) in [6.07, 6.45) is 2.16. The van der Waals surface area contributed by atoms with E-state index in [-0.39, 0.29) is 0 Å². The van der Waals surface area contributed by atoms with Gasteiger partial charge in [-0.2, -0.15) is 0 Å². The maximum atomic E-state index is 11.0. The van der Waals surface area contributed by atoms with Gasteiger partial charge < -0.3 is 0 Å². The van der Waals surface area contributed by atoms with Crippen LogP contribution in [0.15, 0.2) is 9.98 Å². The molecule has 0 spiro atoms. The fourth-order valence-electron chi connectivity index (χ4n) is 0.721. The van der Waals surface area contributed by atoms with Crippen LogP contribution in [0.25, 0.3) is 0 Å². The second kappa shape index (κ2) is 5.70. The molecule has 0 rings (SSSR count). The molecule has 0 aromatic carbocycles. The molecule has 0 aliphatic rings. The van der Waals surface area contributed by atoms with Crippen LogP contribution in [0.4, 0.5) is 0 Å². The molecule has 0 heterocycles. The minimum absolute atomic E-state index is 0.762. The first-order valence-electron chi connectivity index (χ1n) is 3.78. The van der Waals surface area contributed by atoms with Crippen LogP contribution in [0.1, 0.15) is 13.8 Å². The van der Waals surface area contributed by atoms with Crippen LogP contribution in [-0.2, 0) is 19.2 Å². The number of carbonyl (C=O) groups excluding carboxylic acids is 4. The van der Waals surface area contributed by atoms with Gasteiger partial charge in [0.05, 0.1) is 0 Å². The van der Waals surface area contributed by atoms with Gasteiger partial charge in [0.15, 0.2) is 0 Å². The first kappa shape index (κ1) is 12.1. The lowest BCUT2D eigenvalue weighted by molar-refractivity contribution is -0.129. The predicted octanol–water partition coefficient (Wildman–Crippen LogP) is -0.0166. The molecule has 6 nitrogen and oxygen atoms in total. The lowest BCUT2D eigenvalue weighted by Gasteiger charge is -2.10. The van der Waals surface area contributed by atoms with Crippen molar-refractivity contribution in [2.75, 3.05) is 0 Å². The number of nitrogens with zero attached hydrogens (tertiary/aromatic N) is 2. The Kier molecular flexibility index (Phi) is 4.92. The third-order valence-electron chi connectivity index (χ3n) is 1.84. The molecule has 0 aliphatic heterocycles. The maximum absolute atomic E-state index is 11.0. The van der Waals surface area contributed by atoms with Gasteiger partial charge in [-0.05, 0) is 0 Å². The summed E-state index contributed by atoms with van der Waals surface area (Å²) in [4.78, 5) is 47.2. The molecule has 0 bridgehead atoms. The van der Waals surface area contributed by atoms with Crippen LogP contribution < -0.4 is 0 Å². The summed E-state index contributed by atoms with van der Waals surface area (Å²) in [6.45, 7) is 2.82. The van der Waals surface area contributed by atoms with E-state index in [0.717, 1.165) is 12.2 Å². The van der Waals surface area contributed by atoms with E-state index in [1.807, 2.05) is 0 Å². The van der Waals surface area contributed by atoms with Crippen molar-refractivity contribution in [3.05, 3.63) is 0 Å². The Labute approximate surface area is 79.7 Å². The molecule has 6 heteroatoms. The normalized spacial score (nSPS) is 13.0. The Morgan fingerprint density at radius 3 is 1.43 bits per heavy atom. The van der Waals surface area contributed by atoms with Gasteiger partial charge in [-0.15, -0.1) is 9.98 Å². The van der Waals surface area contributed by atoms with Crippen molar-refractivity contribution in [1.29, 1.82) is 0 Å². The van der Waals surface area contributed by atoms with Crippen molar-refractivity contribution < 1.29 is 19.2 Å². The van der Waals surface area contributed by atoms with Gasteiger partial charge in [0, 0.05) is 11.8 Å². The Hall–Kier alpha value is -1.90. The molecule has 2 amide bonds. The largest absolute Gasteiger partial charge is 0.271 e. The summed E-state index contributed by atoms with van der Waals surface area (Å²) < 4.78 is 0. The average molecular weight is 196 g/mol. The Morgan fingerprint density at radius 2 is 1.21 bits per heavy atom. The number of isocyanates is 2. The van der Waals surface area contributed by atoms with E-state index in [2.05, 4.69) is 9.98 Å². The highest BCUT2D eigenvalue weighted by atomic mass is 16.2. The second-order valence-corrected chi connectivity index (χ2v) is 2.66. The van der Waals surface area contributed by atoms with Gasteiger partial charge in [0.2, 0.25) is 12.2 Å². The number of carbonyl (C=O) groups is 2. The summed E-state index contributed by atoms with van der Waals surface area (Å²) in [5.74, 6) is -3.13. The fourth-order valence-corrected chi connectivity index (χ4v) is 0.721. The Balaban J connectivity index is 4.60. The fraction of sp³-hybridized carbons (Fsp3) is 0.500. The third kappa shape index (κ3) is 3.23. The number of amides is 2. The van der Waals surface area contributed by atoms with E-state index < -0.39 is 23.7 Å². The molecule has 2 atom stereocenters.